The van der Waals surface area contributed by atoms with Gasteiger partial charge in [0.15, 0.2) is 0 Å². The number of halogens is 2. The Bertz CT molecular complexity index is 498. The zero-order chi connectivity index (χ0) is 11.5. The molecule has 7 heteroatoms. The smallest absolute Gasteiger partial charge is 0.243 e. The standard InChI is InChI=1S/C9H9ClFN5/c10-6-3-5(1-2-7(6)11)4-13-9-14-8(12)15-16-9/h1-3H,4H2,(H4,12,13,14,15,16). The molecule has 84 valence electrons. The molecule has 0 radical (unpaired) electrons. The minimum absolute atomic E-state index is 0.0915. The number of H-pyrrole nitrogens is 1. The summed E-state index contributed by atoms with van der Waals surface area (Å²) >= 11 is 5.64. The lowest BCUT2D eigenvalue weighted by molar-refractivity contribution is 0.627. The van der Waals surface area contributed by atoms with Gasteiger partial charge in [-0.15, -0.1) is 5.10 Å². The van der Waals surface area contributed by atoms with Crippen LogP contribution in [-0.2, 0) is 6.54 Å². The van der Waals surface area contributed by atoms with Crippen molar-refractivity contribution in [2.45, 2.75) is 6.54 Å². The lowest BCUT2D eigenvalue weighted by atomic mass is 10.2. The first-order valence-electron chi connectivity index (χ1n) is 4.51. The van der Waals surface area contributed by atoms with Gasteiger partial charge >= 0.3 is 0 Å². The second-order valence-electron chi connectivity index (χ2n) is 3.15. The molecule has 0 amide bonds. The van der Waals surface area contributed by atoms with Crippen molar-refractivity contribution in [3.05, 3.63) is 34.6 Å². The molecule has 2 rings (SSSR count). The molecule has 0 unspecified atom stereocenters. The molecular weight excluding hydrogens is 233 g/mol. The number of nitrogens with two attached hydrogens (primary N) is 1. The molecule has 1 aromatic carbocycles. The molecule has 5 nitrogen and oxygen atoms in total. The highest BCUT2D eigenvalue weighted by molar-refractivity contribution is 6.30. The van der Waals surface area contributed by atoms with Crippen LogP contribution in [0.15, 0.2) is 18.2 Å². The van der Waals surface area contributed by atoms with E-state index in [1.165, 1.54) is 6.07 Å². The van der Waals surface area contributed by atoms with Crippen LogP contribution in [-0.4, -0.2) is 15.2 Å². The van der Waals surface area contributed by atoms with Gasteiger partial charge in [0.1, 0.15) is 5.82 Å². The Morgan fingerprint density at radius 3 is 2.94 bits per heavy atom. The number of nitrogens with zero attached hydrogens (tertiary/aromatic N) is 2. The molecular formula is C9H9ClFN5. The number of nitrogens with one attached hydrogen (secondary N) is 2. The largest absolute Gasteiger partial charge is 0.368 e. The molecule has 0 saturated carbocycles. The molecule has 0 aliphatic heterocycles. The number of hydrogen-bond donors (Lipinski definition) is 3. The number of benzene rings is 1. The SMILES string of the molecule is Nc1nc(NCc2ccc(F)c(Cl)c2)n[nH]1. The van der Waals surface area contributed by atoms with Crippen LogP contribution < -0.4 is 11.1 Å². The third-order valence-electron chi connectivity index (χ3n) is 1.94. The summed E-state index contributed by atoms with van der Waals surface area (Å²) in [6.45, 7) is 0.442. The van der Waals surface area contributed by atoms with Crippen molar-refractivity contribution in [1.29, 1.82) is 0 Å². The van der Waals surface area contributed by atoms with Crippen LogP contribution in [0.3, 0.4) is 0 Å². The van der Waals surface area contributed by atoms with E-state index in [2.05, 4.69) is 20.5 Å². The van der Waals surface area contributed by atoms with Crippen LogP contribution in [0.5, 0.6) is 0 Å². The van der Waals surface area contributed by atoms with E-state index >= 15 is 0 Å². The molecule has 2 aromatic rings. The molecule has 0 atom stereocenters. The highest BCUT2D eigenvalue weighted by atomic mass is 35.5. The van der Waals surface area contributed by atoms with Crippen molar-refractivity contribution in [2.24, 2.45) is 0 Å². The van der Waals surface area contributed by atoms with Crippen molar-refractivity contribution in [3.8, 4) is 0 Å². The van der Waals surface area contributed by atoms with Crippen molar-refractivity contribution in [2.75, 3.05) is 11.1 Å². The average Bonchev–Trinajstić information content (AvgIpc) is 2.66. The Morgan fingerprint density at radius 2 is 2.31 bits per heavy atom. The summed E-state index contributed by atoms with van der Waals surface area (Å²) in [5.74, 6) is 0.185. The second kappa shape index (κ2) is 4.36. The summed E-state index contributed by atoms with van der Waals surface area (Å²) in [7, 11) is 0. The number of aromatic nitrogens is 3. The van der Waals surface area contributed by atoms with Gasteiger partial charge in [0, 0.05) is 6.54 Å². The fourth-order valence-electron chi connectivity index (χ4n) is 1.18. The predicted molar refractivity (Wildman–Crippen MR) is 59.5 cm³/mol. The quantitative estimate of drug-likeness (QED) is 0.766. The van der Waals surface area contributed by atoms with E-state index in [-0.39, 0.29) is 11.0 Å². The maximum atomic E-state index is 12.9. The number of rotatable bonds is 3. The fourth-order valence-corrected chi connectivity index (χ4v) is 1.39. The maximum absolute atomic E-state index is 12.9. The van der Waals surface area contributed by atoms with E-state index in [0.717, 1.165) is 5.56 Å². The Kier molecular flexibility index (Phi) is 2.91. The molecule has 16 heavy (non-hydrogen) atoms. The van der Waals surface area contributed by atoms with Crippen LogP contribution >= 0.6 is 11.6 Å². The van der Waals surface area contributed by atoms with E-state index in [4.69, 9.17) is 17.3 Å². The normalized spacial score (nSPS) is 10.4. The summed E-state index contributed by atoms with van der Waals surface area (Å²) in [6.07, 6.45) is 0. The van der Waals surface area contributed by atoms with Crippen molar-refractivity contribution >= 4 is 23.5 Å². The number of anilines is 2. The van der Waals surface area contributed by atoms with E-state index < -0.39 is 5.82 Å². The first-order valence-corrected chi connectivity index (χ1v) is 4.88. The Morgan fingerprint density at radius 1 is 1.50 bits per heavy atom. The molecule has 0 fully saturated rings. The van der Waals surface area contributed by atoms with Crippen molar-refractivity contribution in [3.63, 3.8) is 0 Å². The van der Waals surface area contributed by atoms with E-state index in [1.807, 2.05) is 0 Å². The third kappa shape index (κ3) is 2.40. The van der Waals surface area contributed by atoms with Gasteiger partial charge in [-0.05, 0) is 17.7 Å². The van der Waals surface area contributed by atoms with Crippen LogP contribution in [0.4, 0.5) is 16.3 Å². The summed E-state index contributed by atoms with van der Waals surface area (Å²) in [5.41, 5.74) is 6.18. The minimum atomic E-state index is -0.437. The van der Waals surface area contributed by atoms with E-state index in [9.17, 15) is 4.39 Å². The lowest BCUT2D eigenvalue weighted by Crippen LogP contribution is -2.01. The highest BCUT2D eigenvalue weighted by Gasteiger charge is 2.02. The summed E-state index contributed by atoms with van der Waals surface area (Å²) in [5, 5.41) is 9.29. The first kappa shape index (κ1) is 10.7. The molecule has 0 aliphatic rings. The topological polar surface area (TPSA) is 79.6 Å². The molecule has 0 bridgehead atoms. The highest BCUT2D eigenvalue weighted by Crippen LogP contribution is 2.16. The molecule has 1 heterocycles. The monoisotopic (exact) mass is 241 g/mol. The molecule has 1 aromatic heterocycles. The van der Waals surface area contributed by atoms with Gasteiger partial charge in [-0.25, -0.2) is 9.49 Å². The minimum Gasteiger partial charge on any atom is -0.368 e. The molecule has 4 N–H and O–H groups in total. The lowest BCUT2D eigenvalue weighted by Gasteiger charge is -2.02. The molecule has 0 aliphatic carbocycles. The number of nitrogen functional groups attached to an aromatic ring is 1. The summed E-state index contributed by atoms with van der Waals surface area (Å²) < 4.78 is 12.9. The zero-order valence-electron chi connectivity index (χ0n) is 8.17. The zero-order valence-corrected chi connectivity index (χ0v) is 8.92. The van der Waals surface area contributed by atoms with Gasteiger partial charge in [-0.2, -0.15) is 4.98 Å². The maximum Gasteiger partial charge on any atom is 0.243 e. The van der Waals surface area contributed by atoms with Crippen molar-refractivity contribution < 1.29 is 4.39 Å². The fraction of sp³-hybridized carbons (Fsp3) is 0.111. The van der Waals surface area contributed by atoms with Gasteiger partial charge < -0.3 is 11.1 Å². The molecule has 0 spiro atoms. The second-order valence-corrected chi connectivity index (χ2v) is 3.55. The predicted octanol–water partition coefficient (Wildman–Crippen LogP) is 1.79. The van der Waals surface area contributed by atoms with E-state index in [1.54, 1.807) is 12.1 Å². The first-order chi connectivity index (χ1) is 7.65. The number of hydrogen-bond acceptors (Lipinski definition) is 4. The molecule has 0 saturated heterocycles. The Hall–Kier alpha value is -1.82. The van der Waals surface area contributed by atoms with E-state index in [0.29, 0.717) is 12.5 Å². The van der Waals surface area contributed by atoms with Crippen molar-refractivity contribution in [1.82, 2.24) is 15.2 Å². The van der Waals surface area contributed by atoms with Crippen LogP contribution in [0.1, 0.15) is 5.56 Å². The van der Waals surface area contributed by atoms with Gasteiger partial charge in [-0.1, -0.05) is 17.7 Å². The van der Waals surface area contributed by atoms with Gasteiger partial charge in [-0.3, -0.25) is 0 Å². The van der Waals surface area contributed by atoms with Crippen LogP contribution in [0, 0.1) is 5.82 Å². The Balaban J connectivity index is 2.02. The summed E-state index contributed by atoms with van der Waals surface area (Å²) in [4.78, 5) is 3.86. The third-order valence-corrected chi connectivity index (χ3v) is 2.23. The number of aromatic amines is 1. The van der Waals surface area contributed by atoms with Crippen LogP contribution in [0.25, 0.3) is 0 Å². The van der Waals surface area contributed by atoms with Crippen LogP contribution in [0.2, 0.25) is 5.02 Å². The average molecular weight is 242 g/mol. The summed E-state index contributed by atoms with van der Waals surface area (Å²) in [6, 6.07) is 4.48. The van der Waals surface area contributed by atoms with Gasteiger partial charge in [0.05, 0.1) is 5.02 Å². The van der Waals surface area contributed by atoms with Gasteiger partial charge in [0.25, 0.3) is 0 Å². The van der Waals surface area contributed by atoms with Gasteiger partial charge in [0.2, 0.25) is 11.9 Å². The Labute approximate surface area is 95.8 Å².